The second-order valence-electron chi connectivity index (χ2n) is 8.08. The largest absolute Gasteiger partial charge is 0.497 e. The lowest BCUT2D eigenvalue weighted by atomic mass is 10.0. The molecule has 8 nitrogen and oxygen atoms in total. The minimum absolute atomic E-state index is 0.0233. The maximum atomic E-state index is 12.7. The summed E-state index contributed by atoms with van der Waals surface area (Å²) in [5.74, 6) is 1.08. The molecule has 1 fully saturated rings. The zero-order chi connectivity index (χ0) is 22.9. The lowest BCUT2D eigenvalue weighted by Crippen LogP contribution is -2.41. The summed E-state index contributed by atoms with van der Waals surface area (Å²) in [5, 5.41) is 15.7. The number of tetrazole rings is 1. The number of likely N-dealkylation sites (tertiary alicyclic amines) is 1. The van der Waals surface area contributed by atoms with E-state index in [2.05, 4.69) is 37.9 Å². The highest BCUT2D eigenvalue weighted by Gasteiger charge is 2.23. The maximum absolute atomic E-state index is 12.7. The van der Waals surface area contributed by atoms with Crippen LogP contribution in [-0.2, 0) is 11.3 Å². The number of ether oxygens (including phenoxy) is 1. The molecule has 1 saturated heterocycles. The van der Waals surface area contributed by atoms with Crippen molar-refractivity contribution in [3.05, 3.63) is 65.7 Å². The van der Waals surface area contributed by atoms with Crippen molar-refractivity contribution in [3.63, 3.8) is 0 Å². The molecular weight excluding hydrogens is 436 g/mol. The first-order valence-electron chi connectivity index (χ1n) is 11.3. The van der Waals surface area contributed by atoms with E-state index in [-0.39, 0.29) is 17.7 Å². The number of piperidine rings is 1. The number of aromatic nitrogens is 4. The molecule has 174 valence electrons. The number of nitrogens with one attached hydrogen (secondary N) is 1. The fourth-order valence-corrected chi connectivity index (χ4v) is 4.77. The molecule has 1 aromatic heterocycles. The summed E-state index contributed by atoms with van der Waals surface area (Å²) < 4.78 is 7.03. The normalized spacial score (nSPS) is 15.2. The van der Waals surface area contributed by atoms with E-state index in [4.69, 9.17) is 4.74 Å². The zero-order valence-corrected chi connectivity index (χ0v) is 19.7. The topological polar surface area (TPSA) is 85.2 Å². The molecule has 2 heterocycles. The number of hydrogen-bond donors (Lipinski definition) is 1. The monoisotopic (exact) mass is 466 g/mol. The minimum atomic E-state index is -0.0233. The van der Waals surface area contributed by atoms with Gasteiger partial charge in [0.05, 0.1) is 25.4 Å². The summed E-state index contributed by atoms with van der Waals surface area (Å²) in [5.41, 5.74) is 2.30. The number of carbonyl (C=O) groups is 1. The first kappa shape index (κ1) is 23.3. The van der Waals surface area contributed by atoms with Crippen molar-refractivity contribution in [1.82, 2.24) is 30.4 Å². The van der Waals surface area contributed by atoms with Crippen molar-refractivity contribution >= 4 is 17.7 Å². The third-order valence-electron chi connectivity index (χ3n) is 5.83. The van der Waals surface area contributed by atoms with Crippen LogP contribution in [-0.4, -0.2) is 63.5 Å². The van der Waals surface area contributed by atoms with Crippen LogP contribution < -0.4 is 10.1 Å². The van der Waals surface area contributed by atoms with Crippen LogP contribution in [0.15, 0.2) is 59.8 Å². The Labute approximate surface area is 198 Å². The Kier molecular flexibility index (Phi) is 8.32. The first-order valence-corrected chi connectivity index (χ1v) is 12.3. The van der Waals surface area contributed by atoms with E-state index in [1.807, 2.05) is 42.5 Å². The number of carbonyl (C=O) groups excluding carboxylic acids is 1. The molecule has 1 amide bonds. The molecule has 0 aliphatic carbocycles. The molecule has 33 heavy (non-hydrogen) atoms. The van der Waals surface area contributed by atoms with Gasteiger partial charge in [0.15, 0.2) is 0 Å². The van der Waals surface area contributed by atoms with Gasteiger partial charge in [0.2, 0.25) is 11.1 Å². The van der Waals surface area contributed by atoms with Gasteiger partial charge in [-0.15, -0.1) is 5.10 Å². The minimum Gasteiger partial charge on any atom is -0.497 e. The predicted octanol–water partition coefficient (Wildman–Crippen LogP) is 3.17. The molecule has 3 aromatic rings. The van der Waals surface area contributed by atoms with Gasteiger partial charge in [-0.05, 0) is 59.6 Å². The fraction of sp³-hybridized carbons (Fsp3) is 0.417. The molecule has 1 atom stereocenters. The average Bonchev–Trinajstić information content (AvgIpc) is 3.31. The molecule has 2 aromatic carbocycles. The summed E-state index contributed by atoms with van der Waals surface area (Å²) in [6.45, 7) is 3.25. The van der Waals surface area contributed by atoms with Gasteiger partial charge < -0.3 is 10.1 Å². The van der Waals surface area contributed by atoms with Gasteiger partial charge in [-0.2, -0.15) is 0 Å². The predicted molar refractivity (Wildman–Crippen MR) is 128 cm³/mol. The van der Waals surface area contributed by atoms with Crippen LogP contribution >= 0.6 is 11.8 Å². The van der Waals surface area contributed by atoms with E-state index >= 15 is 0 Å². The van der Waals surface area contributed by atoms with Crippen molar-refractivity contribution < 1.29 is 9.53 Å². The number of hydrogen-bond acceptors (Lipinski definition) is 7. The number of nitrogens with zero attached hydrogens (tertiary/aromatic N) is 5. The molecule has 1 aliphatic rings. The maximum Gasteiger partial charge on any atom is 0.230 e. The quantitative estimate of drug-likeness (QED) is 0.460. The Morgan fingerprint density at radius 2 is 1.85 bits per heavy atom. The zero-order valence-electron chi connectivity index (χ0n) is 18.9. The van der Waals surface area contributed by atoms with E-state index < -0.39 is 0 Å². The van der Waals surface area contributed by atoms with E-state index in [1.54, 1.807) is 11.8 Å². The Balaban J connectivity index is 1.33. The molecule has 0 saturated carbocycles. The van der Waals surface area contributed by atoms with Crippen molar-refractivity contribution in [2.45, 2.75) is 37.0 Å². The van der Waals surface area contributed by atoms with Crippen molar-refractivity contribution in [3.8, 4) is 5.75 Å². The van der Waals surface area contributed by atoms with E-state index in [0.29, 0.717) is 18.2 Å². The van der Waals surface area contributed by atoms with Gasteiger partial charge in [-0.1, -0.05) is 60.6 Å². The van der Waals surface area contributed by atoms with Crippen LogP contribution in [0.1, 0.15) is 36.4 Å². The Morgan fingerprint density at radius 1 is 1.09 bits per heavy atom. The Hall–Kier alpha value is -2.91. The summed E-state index contributed by atoms with van der Waals surface area (Å²) >= 11 is 1.35. The average molecular weight is 467 g/mol. The summed E-state index contributed by atoms with van der Waals surface area (Å²) in [4.78, 5) is 15.1. The lowest BCUT2D eigenvalue weighted by molar-refractivity contribution is -0.118. The third-order valence-corrected chi connectivity index (χ3v) is 6.79. The van der Waals surface area contributed by atoms with E-state index in [9.17, 15) is 4.79 Å². The molecule has 0 spiro atoms. The third kappa shape index (κ3) is 6.55. The van der Waals surface area contributed by atoms with Gasteiger partial charge in [0, 0.05) is 6.54 Å². The SMILES string of the molecule is COc1ccc(C(CNC(=O)CSc2nnnn2Cc2ccccc2)N2CCCCC2)cc1. The van der Waals surface area contributed by atoms with Gasteiger partial charge >= 0.3 is 0 Å². The second-order valence-corrected chi connectivity index (χ2v) is 9.03. The van der Waals surface area contributed by atoms with E-state index in [0.717, 1.165) is 24.4 Å². The molecule has 1 aliphatic heterocycles. The van der Waals surface area contributed by atoms with Crippen LogP contribution in [0, 0.1) is 0 Å². The molecule has 9 heteroatoms. The van der Waals surface area contributed by atoms with Gasteiger partial charge in [-0.3, -0.25) is 9.69 Å². The van der Waals surface area contributed by atoms with Crippen LogP contribution in [0.3, 0.4) is 0 Å². The number of thioether (sulfide) groups is 1. The highest BCUT2D eigenvalue weighted by molar-refractivity contribution is 7.99. The first-order chi connectivity index (χ1) is 16.2. The van der Waals surface area contributed by atoms with E-state index in [1.165, 1.54) is 36.6 Å². The molecule has 4 rings (SSSR count). The molecular formula is C24H30N6O2S. The number of benzene rings is 2. The summed E-state index contributed by atoms with van der Waals surface area (Å²) in [7, 11) is 1.67. The van der Waals surface area contributed by atoms with Crippen LogP contribution in [0.25, 0.3) is 0 Å². The standard InChI is InChI=1S/C24H30N6O2S/c1-32-21-12-10-20(11-13-21)22(29-14-6-3-7-15-29)16-25-23(31)18-33-24-26-27-28-30(24)17-19-8-4-2-5-9-19/h2,4-5,8-13,22H,3,6-7,14-18H2,1H3,(H,25,31). The molecule has 1 unspecified atom stereocenters. The summed E-state index contributed by atoms with van der Waals surface area (Å²) in [6, 6.07) is 18.3. The number of rotatable bonds is 10. The molecule has 0 bridgehead atoms. The Morgan fingerprint density at radius 3 is 2.58 bits per heavy atom. The van der Waals surface area contributed by atoms with Crippen molar-refractivity contribution in [2.24, 2.45) is 0 Å². The lowest BCUT2D eigenvalue weighted by Gasteiger charge is -2.35. The summed E-state index contributed by atoms with van der Waals surface area (Å²) in [6.07, 6.45) is 3.66. The highest BCUT2D eigenvalue weighted by atomic mass is 32.2. The van der Waals surface area contributed by atoms with Crippen molar-refractivity contribution in [1.29, 1.82) is 0 Å². The van der Waals surface area contributed by atoms with Gasteiger partial charge in [0.25, 0.3) is 0 Å². The number of methoxy groups -OCH3 is 1. The van der Waals surface area contributed by atoms with Crippen LogP contribution in [0.2, 0.25) is 0 Å². The van der Waals surface area contributed by atoms with Gasteiger partial charge in [0.1, 0.15) is 5.75 Å². The highest BCUT2D eigenvalue weighted by Crippen LogP contribution is 2.26. The van der Waals surface area contributed by atoms with Crippen molar-refractivity contribution in [2.75, 3.05) is 32.5 Å². The van der Waals surface area contributed by atoms with Crippen LogP contribution in [0.5, 0.6) is 5.75 Å². The van der Waals surface area contributed by atoms with Gasteiger partial charge in [-0.25, -0.2) is 4.68 Å². The fourth-order valence-electron chi connectivity index (χ4n) is 4.06. The Bertz CT molecular complexity index is 1010. The second kappa shape index (κ2) is 11.8. The number of amides is 1. The molecule has 1 N–H and O–H groups in total. The van der Waals surface area contributed by atoms with Crippen LogP contribution in [0.4, 0.5) is 0 Å². The smallest absolute Gasteiger partial charge is 0.230 e. The molecule has 0 radical (unpaired) electrons.